The average Bonchev–Trinajstić information content (AvgIpc) is 2.47. The molecule has 0 fully saturated rings. The Balaban J connectivity index is 1.94. The largest absolute Gasteiger partial charge is 0.372 e. The molecule has 0 bridgehead atoms. The van der Waals surface area contributed by atoms with Crippen molar-refractivity contribution in [1.29, 1.82) is 0 Å². The van der Waals surface area contributed by atoms with Gasteiger partial charge in [0.05, 0.1) is 12.1 Å². The van der Waals surface area contributed by atoms with Crippen LogP contribution in [-0.4, -0.2) is 5.91 Å². The van der Waals surface area contributed by atoms with Crippen LogP contribution in [0.5, 0.6) is 5.75 Å². The highest BCUT2D eigenvalue weighted by molar-refractivity contribution is 5.94. The molecule has 0 N–H and O–H groups in total. The molecule has 2 aromatic rings. The predicted octanol–water partition coefficient (Wildman–Crippen LogP) is 2.55. The fourth-order valence-corrected chi connectivity index (χ4v) is 2.01. The van der Waals surface area contributed by atoms with Crippen molar-refractivity contribution in [2.75, 3.05) is 5.06 Å². The van der Waals surface area contributed by atoms with E-state index >= 15 is 0 Å². The highest BCUT2D eigenvalue weighted by atomic mass is 16.7. The molecule has 0 aliphatic carbocycles. The first kappa shape index (κ1) is 11.4. The van der Waals surface area contributed by atoms with E-state index in [-0.39, 0.29) is 5.91 Å². The van der Waals surface area contributed by atoms with Crippen molar-refractivity contribution in [3.8, 4) is 18.1 Å². The summed E-state index contributed by atoms with van der Waals surface area (Å²) in [6, 6.07) is 14.7. The van der Waals surface area contributed by atoms with Gasteiger partial charge in [0.25, 0.3) is 5.91 Å². The Hall–Kier alpha value is -2.73. The number of hydrogen-bond donors (Lipinski definition) is 0. The molecule has 0 unspecified atom stereocenters. The van der Waals surface area contributed by atoms with Crippen LogP contribution in [0, 0.1) is 12.3 Å². The topological polar surface area (TPSA) is 29.5 Å². The first-order valence-corrected chi connectivity index (χ1v) is 5.93. The van der Waals surface area contributed by atoms with E-state index in [0.29, 0.717) is 17.9 Å². The van der Waals surface area contributed by atoms with Crippen molar-refractivity contribution >= 4 is 11.6 Å². The maximum Gasteiger partial charge on any atom is 0.264 e. The van der Waals surface area contributed by atoms with Gasteiger partial charge in [-0.05, 0) is 30.3 Å². The van der Waals surface area contributed by atoms with Crippen LogP contribution >= 0.6 is 0 Å². The summed E-state index contributed by atoms with van der Waals surface area (Å²) in [4.78, 5) is 17.7. The molecule has 19 heavy (non-hydrogen) atoms. The summed E-state index contributed by atoms with van der Waals surface area (Å²) < 4.78 is 0. The van der Waals surface area contributed by atoms with Crippen LogP contribution in [0.4, 0.5) is 5.69 Å². The summed E-state index contributed by atoms with van der Waals surface area (Å²) in [5.74, 6) is 3.16. The third-order valence-electron chi connectivity index (χ3n) is 3.00. The lowest BCUT2D eigenvalue weighted by Gasteiger charge is -2.27. The number of para-hydroxylation sites is 1. The minimum Gasteiger partial charge on any atom is -0.372 e. The van der Waals surface area contributed by atoms with Crippen LogP contribution in [0.2, 0.25) is 0 Å². The van der Waals surface area contributed by atoms with Crippen molar-refractivity contribution < 1.29 is 9.63 Å². The predicted molar refractivity (Wildman–Crippen MR) is 72.6 cm³/mol. The van der Waals surface area contributed by atoms with Crippen LogP contribution < -0.4 is 9.90 Å². The maximum absolute atomic E-state index is 12.1. The number of rotatable bonds is 1. The molecule has 0 saturated heterocycles. The molecule has 0 atom stereocenters. The zero-order valence-corrected chi connectivity index (χ0v) is 10.2. The second kappa shape index (κ2) is 4.51. The van der Waals surface area contributed by atoms with Gasteiger partial charge in [0.2, 0.25) is 0 Å². The zero-order chi connectivity index (χ0) is 13.2. The van der Waals surface area contributed by atoms with Gasteiger partial charge in [-0.15, -0.1) is 11.5 Å². The van der Waals surface area contributed by atoms with Crippen molar-refractivity contribution in [2.45, 2.75) is 6.42 Å². The molecule has 0 radical (unpaired) electrons. The van der Waals surface area contributed by atoms with Gasteiger partial charge < -0.3 is 4.84 Å². The van der Waals surface area contributed by atoms with Gasteiger partial charge in [0, 0.05) is 11.1 Å². The molecular formula is C16H11NO2. The van der Waals surface area contributed by atoms with Gasteiger partial charge in [-0.25, -0.2) is 0 Å². The highest BCUT2D eigenvalue weighted by Gasteiger charge is 2.25. The van der Waals surface area contributed by atoms with Crippen LogP contribution in [0.25, 0.3) is 0 Å². The number of carbonyl (C=O) groups is 1. The number of benzene rings is 2. The van der Waals surface area contributed by atoms with Crippen molar-refractivity contribution in [2.24, 2.45) is 0 Å². The van der Waals surface area contributed by atoms with Crippen LogP contribution in [0.15, 0.2) is 48.5 Å². The van der Waals surface area contributed by atoms with Gasteiger partial charge in [0.1, 0.15) is 0 Å². The number of carbonyl (C=O) groups excluding carboxylic acids is 1. The Bertz CT molecular complexity index is 668. The normalized spacial score (nSPS) is 13.4. The maximum atomic E-state index is 12.1. The van der Waals surface area contributed by atoms with Crippen molar-refractivity contribution in [3.05, 3.63) is 59.7 Å². The van der Waals surface area contributed by atoms with E-state index in [1.54, 1.807) is 24.3 Å². The molecule has 0 aromatic heterocycles. The minimum absolute atomic E-state index is 0.0906. The molecule has 1 amide bonds. The molecule has 1 aliphatic heterocycles. The van der Waals surface area contributed by atoms with Gasteiger partial charge in [-0.1, -0.05) is 24.1 Å². The Morgan fingerprint density at radius 2 is 1.84 bits per heavy atom. The molecule has 3 heteroatoms. The summed E-state index contributed by atoms with van der Waals surface area (Å²) in [6.07, 6.45) is 5.65. The monoisotopic (exact) mass is 249 g/mol. The van der Waals surface area contributed by atoms with Crippen molar-refractivity contribution in [1.82, 2.24) is 0 Å². The van der Waals surface area contributed by atoms with Gasteiger partial charge in [0.15, 0.2) is 5.75 Å². The number of amides is 1. The summed E-state index contributed by atoms with van der Waals surface area (Å²) >= 11 is 0. The average molecular weight is 249 g/mol. The van der Waals surface area contributed by atoms with Crippen LogP contribution in [-0.2, 0) is 11.2 Å². The summed E-state index contributed by atoms with van der Waals surface area (Å²) in [5.41, 5.74) is 2.36. The second-order valence-corrected chi connectivity index (χ2v) is 4.26. The van der Waals surface area contributed by atoms with Crippen molar-refractivity contribution in [3.63, 3.8) is 0 Å². The van der Waals surface area contributed by atoms with E-state index in [0.717, 1.165) is 11.1 Å². The molecule has 1 heterocycles. The Labute approximate surface area is 111 Å². The third kappa shape index (κ3) is 2.04. The fourth-order valence-electron chi connectivity index (χ4n) is 2.01. The Kier molecular flexibility index (Phi) is 2.70. The molecule has 3 rings (SSSR count). The van der Waals surface area contributed by atoms with E-state index in [4.69, 9.17) is 11.3 Å². The molecule has 1 aliphatic rings. The van der Waals surface area contributed by atoms with E-state index < -0.39 is 0 Å². The first-order chi connectivity index (χ1) is 9.28. The SMILES string of the molecule is C#Cc1ccc(N2Oc3ccccc3CC2=O)cc1. The molecular weight excluding hydrogens is 238 g/mol. The molecule has 0 spiro atoms. The standard InChI is InChI=1S/C16H11NO2/c1-2-12-7-9-14(10-8-12)17-16(18)11-13-5-3-4-6-15(13)19-17/h1,3-10H,11H2. The number of nitrogens with zero attached hydrogens (tertiary/aromatic N) is 1. The number of hydrogen-bond acceptors (Lipinski definition) is 2. The second-order valence-electron chi connectivity index (χ2n) is 4.26. The lowest BCUT2D eigenvalue weighted by atomic mass is 10.1. The zero-order valence-electron chi connectivity index (χ0n) is 10.2. The van der Waals surface area contributed by atoms with Gasteiger partial charge >= 0.3 is 0 Å². The van der Waals surface area contributed by atoms with Gasteiger partial charge in [-0.3, -0.25) is 4.79 Å². The third-order valence-corrected chi connectivity index (χ3v) is 3.00. The minimum atomic E-state index is -0.0906. The summed E-state index contributed by atoms with van der Waals surface area (Å²) in [5, 5.41) is 1.31. The van der Waals surface area contributed by atoms with E-state index in [1.165, 1.54) is 5.06 Å². The number of fused-ring (bicyclic) bond motifs is 1. The lowest BCUT2D eigenvalue weighted by molar-refractivity contribution is -0.123. The molecule has 2 aromatic carbocycles. The molecule has 0 saturated carbocycles. The Morgan fingerprint density at radius 1 is 1.11 bits per heavy atom. The van der Waals surface area contributed by atoms with Gasteiger partial charge in [-0.2, -0.15) is 0 Å². The smallest absolute Gasteiger partial charge is 0.264 e. The quantitative estimate of drug-likeness (QED) is 0.727. The summed E-state index contributed by atoms with van der Waals surface area (Å²) in [6.45, 7) is 0. The van der Waals surface area contributed by atoms with E-state index in [9.17, 15) is 4.79 Å². The van der Waals surface area contributed by atoms with Crippen LogP contribution in [0.3, 0.4) is 0 Å². The fraction of sp³-hybridized carbons (Fsp3) is 0.0625. The van der Waals surface area contributed by atoms with E-state index in [2.05, 4.69) is 5.92 Å². The number of anilines is 1. The Morgan fingerprint density at radius 3 is 2.58 bits per heavy atom. The molecule has 3 nitrogen and oxygen atoms in total. The molecule has 92 valence electrons. The van der Waals surface area contributed by atoms with E-state index in [1.807, 2.05) is 24.3 Å². The number of terminal acetylenes is 1. The summed E-state index contributed by atoms with van der Waals surface area (Å²) in [7, 11) is 0. The lowest BCUT2D eigenvalue weighted by Crippen LogP contribution is -2.39. The number of hydroxylamine groups is 1. The highest BCUT2D eigenvalue weighted by Crippen LogP contribution is 2.28. The van der Waals surface area contributed by atoms with Crippen LogP contribution in [0.1, 0.15) is 11.1 Å². The first-order valence-electron chi connectivity index (χ1n) is 5.93.